The van der Waals surface area contributed by atoms with Crippen molar-refractivity contribution >= 4 is 17.4 Å². The first-order valence-electron chi connectivity index (χ1n) is 9.15. The van der Waals surface area contributed by atoms with Crippen molar-refractivity contribution in [1.29, 1.82) is 0 Å². The van der Waals surface area contributed by atoms with Gasteiger partial charge in [-0.1, -0.05) is 29.8 Å². The molecule has 4 rings (SSSR count). The second-order valence-corrected chi connectivity index (χ2v) is 7.38. The Labute approximate surface area is 166 Å². The number of anilines is 1. The zero-order valence-electron chi connectivity index (χ0n) is 15.3. The molecule has 0 aliphatic carbocycles. The Bertz CT molecular complexity index is 1020. The number of nitrogens with zero attached hydrogens (tertiary/aromatic N) is 2. The summed E-state index contributed by atoms with van der Waals surface area (Å²) in [7, 11) is 0. The highest BCUT2D eigenvalue weighted by Crippen LogP contribution is 2.41. The van der Waals surface area contributed by atoms with E-state index < -0.39 is 11.7 Å². The van der Waals surface area contributed by atoms with E-state index in [0.29, 0.717) is 17.1 Å². The topological polar surface area (TPSA) is 29.9 Å². The van der Waals surface area contributed by atoms with Crippen LogP contribution in [0.15, 0.2) is 42.5 Å². The van der Waals surface area contributed by atoms with Gasteiger partial charge in [0, 0.05) is 22.7 Å². The van der Waals surface area contributed by atoms with E-state index in [0.717, 1.165) is 48.1 Å². The van der Waals surface area contributed by atoms with Gasteiger partial charge < -0.3 is 5.32 Å². The monoisotopic (exact) mass is 405 g/mol. The van der Waals surface area contributed by atoms with Crippen molar-refractivity contribution in [1.82, 2.24) is 9.78 Å². The standard InChI is InChI=1S/C21H19ClF3N3/c1-13-12-14(22)9-10-18(13)28-20-16(7-4-5-11-26-20)19(27-28)15-6-2-3-8-17(15)21(23,24)25/h2-3,6,8-10,12,26H,4-5,7,11H2,1H3. The normalized spacial score (nSPS) is 14.3. The summed E-state index contributed by atoms with van der Waals surface area (Å²) in [6.07, 6.45) is -1.92. The van der Waals surface area contributed by atoms with Crippen molar-refractivity contribution in [3.8, 4) is 16.9 Å². The number of halogens is 4. The largest absolute Gasteiger partial charge is 0.417 e. The minimum absolute atomic E-state index is 0.111. The van der Waals surface area contributed by atoms with E-state index >= 15 is 0 Å². The van der Waals surface area contributed by atoms with E-state index in [1.807, 2.05) is 19.1 Å². The molecule has 1 aliphatic heterocycles. The summed E-state index contributed by atoms with van der Waals surface area (Å²) in [6.45, 7) is 2.67. The number of nitrogens with one attached hydrogen (secondary N) is 1. The molecule has 28 heavy (non-hydrogen) atoms. The van der Waals surface area contributed by atoms with E-state index in [-0.39, 0.29) is 5.56 Å². The van der Waals surface area contributed by atoms with Crippen molar-refractivity contribution < 1.29 is 13.2 Å². The first-order chi connectivity index (χ1) is 13.4. The van der Waals surface area contributed by atoms with Crippen LogP contribution >= 0.6 is 11.6 Å². The average molecular weight is 406 g/mol. The van der Waals surface area contributed by atoms with Gasteiger partial charge >= 0.3 is 6.18 Å². The van der Waals surface area contributed by atoms with Crippen LogP contribution in [0, 0.1) is 6.92 Å². The van der Waals surface area contributed by atoms with Crippen LogP contribution in [0.5, 0.6) is 0 Å². The summed E-state index contributed by atoms with van der Waals surface area (Å²) in [5, 5.41) is 8.62. The van der Waals surface area contributed by atoms with E-state index in [4.69, 9.17) is 11.6 Å². The summed E-state index contributed by atoms with van der Waals surface area (Å²) in [5.74, 6) is 0.759. The van der Waals surface area contributed by atoms with Gasteiger partial charge in [-0.3, -0.25) is 0 Å². The Balaban J connectivity index is 1.97. The number of aromatic nitrogens is 2. The SMILES string of the molecule is Cc1cc(Cl)ccc1-n1nc(-c2ccccc2C(F)(F)F)c2c1NCCCC2. The molecule has 0 radical (unpaired) electrons. The predicted octanol–water partition coefficient (Wildman–Crippen LogP) is 6.27. The fourth-order valence-corrected chi connectivity index (χ4v) is 3.91. The fourth-order valence-electron chi connectivity index (χ4n) is 3.69. The van der Waals surface area contributed by atoms with Gasteiger partial charge in [0.1, 0.15) is 5.82 Å². The molecule has 0 amide bonds. The maximum absolute atomic E-state index is 13.6. The highest BCUT2D eigenvalue weighted by Gasteiger charge is 2.35. The molecule has 0 saturated carbocycles. The maximum Gasteiger partial charge on any atom is 0.417 e. The molecule has 2 heterocycles. The second kappa shape index (κ2) is 7.17. The third-order valence-corrected chi connectivity index (χ3v) is 5.24. The van der Waals surface area contributed by atoms with Crippen LogP contribution < -0.4 is 5.32 Å². The molecular weight excluding hydrogens is 387 g/mol. The fraction of sp³-hybridized carbons (Fsp3) is 0.286. The van der Waals surface area contributed by atoms with Gasteiger partial charge in [-0.15, -0.1) is 0 Å². The minimum Gasteiger partial charge on any atom is -0.370 e. The molecule has 1 aromatic heterocycles. The van der Waals surface area contributed by atoms with Gasteiger partial charge in [0.25, 0.3) is 0 Å². The first-order valence-corrected chi connectivity index (χ1v) is 9.53. The van der Waals surface area contributed by atoms with Gasteiger partial charge in [0.05, 0.1) is 16.9 Å². The summed E-state index contributed by atoms with van der Waals surface area (Å²) in [6, 6.07) is 11.1. The van der Waals surface area contributed by atoms with Crippen LogP contribution in [-0.2, 0) is 12.6 Å². The van der Waals surface area contributed by atoms with Crippen molar-refractivity contribution in [3.63, 3.8) is 0 Å². The second-order valence-electron chi connectivity index (χ2n) is 6.95. The van der Waals surface area contributed by atoms with Crippen LogP contribution in [-0.4, -0.2) is 16.3 Å². The lowest BCUT2D eigenvalue weighted by Gasteiger charge is -2.12. The maximum atomic E-state index is 13.6. The third-order valence-electron chi connectivity index (χ3n) is 5.00. The number of hydrogen-bond donors (Lipinski definition) is 1. The first kappa shape index (κ1) is 18.9. The van der Waals surface area contributed by atoms with Crippen molar-refractivity contribution in [3.05, 3.63) is 64.2 Å². The lowest BCUT2D eigenvalue weighted by atomic mass is 9.99. The molecule has 0 spiro atoms. The van der Waals surface area contributed by atoms with Gasteiger partial charge in [-0.2, -0.15) is 18.3 Å². The summed E-state index contributed by atoms with van der Waals surface area (Å²) in [5.41, 5.74) is 2.35. The molecule has 2 aromatic carbocycles. The van der Waals surface area contributed by atoms with Crippen molar-refractivity contribution in [2.75, 3.05) is 11.9 Å². The van der Waals surface area contributed by atoms with E-state index in [9.17, 15) is 13.2 Å². The molecular formula is C21H19ClF3N3. The Morgan fingerprint density at radius 2 is 1.89 bits per heavy atom. The van der Waals surface area contributed by atoms with Gasteiger partial charge in [0.15, 0.2) is 0 Å². The number of benzene rings is 2. The van der Waals surface area contributed by atoms with Crippen LogP contribution in [0.2, 0.25) is 5.02 Å². The quantitative estimate of drug-likeness (QED) is 0.544. The number of aryl methyl sites for hydroxylation is 1. The number of alkyl halides is 3. The molecule has 0 atom stereocenters. The molecule has 146 valence electrons. The lowest BCUT2D eigenvalue weighted by Crippen LogP contribution is -2.08. The molecule has 1 N–H and O–H groups in total. The summed E-state index contributed by atoms with van der Waals surface area (Å²) < 4.78 is 42.6. The van der Waals surface area contributed by atoms with E-state index in [1.54, 1.807) is 16.8 Å². The molecule has 0 unspecified atom stereocenters. The average Bonchev–Trinajstić information content (AvgIpc) is 2.83. The highest BCUT2D eigenvalue weighted by molar-refractivity contribution is 6.30. The van der Waals surface area contributed by atoms with E-state index in [2.05, 4.69) is 10.4 Å². The molecule has 3 nitrogen and oxygen atoms in total. The zero-order valence-corrected chi connectivity index (χ0v) is 16.0. The molecule has 0 saturated heterocycles. The molecule has 0 bridgehead atoms. The van der Waals surface area contributed by atoms with E-state index in [1.165, 1.54) is 12.1 Å². The van der Waals surface area contributed by atoms with Gasteiger partial charge in [-0.05, 0) is 56.0 Å². The predicted molar refractivity (Wildman–Crippen MR) is 105 cm³/mol. The molecule has 3 aromatic rings. The summed E-state index contributed by atoms with van der Waals surface area (Å²) in [4.78, 5) is 0. The Hall–Kier alpha value is -2.47. The van der Waals surface area contributed by atoms with Crippen LogP contribution in [0.1, 0.15) is 29.5 Å². The lowest BCUT2D eigenvalue weighted by molar-refractivity contribution is -0.137. The minimum atomic E-state index is -4.44. The van der Waals surface area contributed by atoms with Gasteiger partial charge in [0.2, 0.25) is 0 Å². The van der Waals surface area contributed by atoms with Crippen molar-refractivity contribution in [2.45, 2.75) is 32.4 Å². The molecule has 1 aliphatic rings. The highest BCUT2D eigenvalue weighted by atomic mass is 35.5. The van der Waals surface area contributed by atoms with Gasteiger partial charge in [-0.25, -0.2) is 4.68 Å². The van der Waals surface area contributed by atoms with Crippen LogP contribution in [0.4, 0.5) is 19.0 Å². The number of rotatable bonds is 2. The summed E-state index contributed by atoms with van der Waals surface area (Å²) >= 11 is 6.08. The number of hydrogen-bond acceptors (Lipinski definition) is 2. The molecule has 7 heteroatoms. The van der Waals surface area contributed by atoms with Crippen LogP contribution in [0.25, 0.3) is 16.9 Å². The Morgan fingerprint density at radius 3 is 2.64 bits per heavy atom. The number of fused-ring (bicyclic) bond motifs is 1. The Morgan fingerprint density at radius 1 is 1.11 bits per heavy atom. The smallest absolute Gasteiger partial charge is 0.370 e. The Kier molecular flexibility index (Phi) is 4.83. The zero-order chi connectivity index (χ0) is 19.9. The molecule has 0 fully saturated rings. The van der Waals surface area contributed by atoms with Crippen molar-refractivity contribution in [2.24, 2.45) is 0 Å². The van der Waals surface area contributed by atoms with Crippen LogP contribution in [0.3, 0.4) is 0 Å². The third kappa shape index (κ3) is 3.37.